The van der Waals surface area contributed by atoms with Crippen LogP contribution < -0.4 is 0 Å². The topological polar surface area (TPSA) is 40.5 Å². The maximum absolute atomic E-state index is 9.10. The van der Waals surface area contributed by atoms with Gasteiger partial charge in [0.05, 0.1) is 0 Å². The second-order valence-electron chi connectivity index (χ2n) is 2.84. The van der Waals surface area contributed by atoms with Crippen LogP contribution in [0.25, 0.3) is 0 Å². The fourth-order valence-corrected chi connectivity index (χ4v) is 1.28. The van der Waals surface area contributed by atoms with Gasteiger partial charge in [0.15, 0.2) is 0 Å². The Kier molecular flexibility index (Phi) is 2.82. The van der Waals surface area contributed by atoms with Gasteiger partial charge in [-0.1, -0.05) is 0 Å². The lowest BCUT2D eigenvalue weighted by atomic mass is 10.1. The molecule has 0 amide bonds. The van der Waals surface area contributed by atoms with E-state index in [0.29, 0.717) is 6.42 Å². The summed E-state index contributed by atoms with van der Waals surface area (Å²) in [6, 6.07) is 4.49. The third kappa shape index (κ3) is 2.62. The zero-order valence-electron chi connectivity index (χ0n) is 6.79. The van der Waals surface area contributed by atoms with Gasteiger partial charge in [-0.3, -0.25) is 0 Å². The monoisotopic (exact) mass is 186 g/mol. The Labute approximate surface area is 76.4 Å². The molecule has 0 saturated carbocycles. The van der Waals surface area contributed by atoms with E-state index in [1.54, 1.807) is 12.1 Å². The normalized spacial score (nSPS) is 12.8. The molecule has 1 atom stereocenters. The summed E-state index contributed by atoms with van der Waals surface area (Å²) in [6.07, 6.45) is 0.642. The fourth-order valence-electron chi connectivity index (χ4n) is 1.10. The molecule has 3 heteroatoms. The molecule has 2 nitrogen and oxygen atoms in total. The Bertz CT molecular complexity index is 251. The van der Waals surface area contributed by atoms with E-state index in [1.165, 1.54) is 6.07 Å². The predicted octanol–water partition coefficient (Wildman–Crippen LogP) is 2.27. The predicted molar refractivity (Wildman–Crippen MR) is 48.8 cm³/mol. The summed E-state index contributed by atoms with van der Waals surface area (Å²) in [5, 5.41) is 18.2. The lowest BCUT2D eigenvalue weighted by Crippen LogP contribution is -1.96. The van der Waals surface area contributed by atoms with Gasteiger partial charge in [-0.2, -0.15) is 0 Å². The average molecular weight is 187 g/mol. The van der Waals surface area contributed by atoms with Crippen LogP contribution in [0.4, 0.5) is 0 Å². The first-order chi connectivity index (χ1) is 5.58. The molecule has 0 saturated heterocycles. The van der Waals surface area contributed by atoms with E-state index in [1.807, 2.05) is 6.92 Å². The Morgan fingerprint density at radius 1 is 1.25 bits per heavy atom. The summed E-state index contributed by atoms with van der Waals surface area (Å²) in [4.78, 5) is 0. The summed E-state index contributed by atoms with van der Waals surface area (Å²) in [5.74, 6) is 0.143. The molecule has 0 radical (unpaired) electrons. The van der Waals surface area contributed by atoms with Crippen molar-refractivity contribution in [3.63, 3.8) is 0 Å². The average Bonchev–Trinajstić information content (AvgIpc) is 1.81. The smallest absolute Gasteiger partial charge is 0.119 e. The van der Waals surface area contributed by atoms with Crippen LogP contribution in [0.1, 0.15) is 12.5 Å². The molecule has 2 N–H and O–H groups in total. The highest BCUT2D eigenvalue weighted by Gasteiger charge is 2.02. The van der Waals surface area contributed by atoms with Crippen molar-refractivity contribution in [1.29, 1.82) is 0 Å². The molecule has 0 heterocycles. The van der Waals surface area contributed by atoms with Crippen molar-refractivity contribution in [3.05, 3.63) is 23.8 Å². The van der Waals surface area contributed by atoms with E-state index in [9.17, 15) is 0 Å². The van der Waals surface area contributed by atoms with Crippen molar-refractivity contribution in [3.8, 4) is 11.5 Å². The van der Waals surface area contributed by atoms with Crippen molar-refractivity contribution in [2.75, 3.05) is 0 Å². The molecule has 0 spiro atoms. The molecule has 0 bridgehead atoms. The van der Waals surface area contributed by atoms with E-state index >= 15 is 0 Å². The van der Waals surface area contributed by atoms with Crippen LogP contribution >= 0.6 is 11.6 Å². The third-order valence-corrected chi connectivity index (χ3v) is 1.63. The second kappa shape index (κ2) is 3.68. The molecular formula is C9H11ClO2. The van der Waals surface area contributed by atoms with Crippen LogP contribution in [0.2, 0.25) is 0 Å². The van der Waals surface area contributed by atoms with Crippen LogP contribution in [0.3, 0.4) is 0 Å². The zero-order chi connectivity index (χ0) is 9.14. The zero-order valence-corrected chi connectivity index (χ0v) is 7.54. The van der Waals surface area contributed by atoms with Crippen LogP contribution in [0.5, 0.6) is 11.5 Å². The molecular weight excluding hydrogens is 176 g/mol. The number of rotatable bonds is 2. The summed E-state index contributed by atoms with van der Waals surface area (Å²) >= 11 is 5.75. The molecule has 12 heavy (non-hydrogen) atoms. The molecule has 1 aromatic rings. The molecule has 0 aliphatic carbocycles. The minimum atomic E-state index is 0.00574. The van der Waals surface area contributed by atoms with Gasteiger partial charge >= 0.3 is 0 Å². The molecule has 1 rings (SSSR count). The number of alkyl halides is 1. The minimum Gasteiger partial charge on any atom is -0.508 e. The van der Waals surface area contributed by atoms with Gasteiger partial charge < -0.3 is 10.2 Å². The van der Waals surface area contributed by atoms with Gasteiger partial charge in [-0.25, -0.2) is 0 Å². The third-order valence-electron chi connectivity index (χ3n) is 1.48. The molecule has 1 aromatic carbocycles. The highest BCUT2D eigenvalue weighted by atomic mass is 35.5. The summed E-state index contributed by atoms with van der Waals surface area (Å²) in [6.45, 7) is 1.86. The quantitative estimate of drug-likeness (QED) is 0.696. The first-order valence-electron chi connectivity index (χ1n) is 3.74. The molecule has 0 aliphatic rings. The Morgan fingerprint density at radius 2 is 1.75 bits per heavy atom. The maximum atomic E-state index is 9.10. The standard InChI is InChI=1S/C9H11ClO2/c1-6(10)2-7-3-8(11)5-9(12)4-7/h3-6,11-12H,2H2,1H3. The van der Waals surface area contributed by atoms with Gasteiger partial charge in [-0.05, 0) is 31.0 Å². The van der Waals surface area contributed by atoms with Crippen molar-refractivity contribution >= 4 is 11.6 Å². The van der Waals surface area contributed by atoms with E-state index in [-0.39, 0.29) is 16.9 Å². The molecule has 0 aromatic heterocycles. The lowest BCUT2D eigenvalue weighted by Gasteiger charge is -2.04. The number of phenolic OH excluding ortho intramolecular Hbond substituents is 2. The van der Waals surface area contributed by atoms with Gasteiger partial charge in [0, 0.05) is 11.4 Å². The molecule has 0 fully saturated rings. The first kappa shape index (κ1) is 9.20. The highest BCUT2D eigenvalue weighted by Crippen LogP contribution is 2.21. The highest BCUT2D eigenvalue weighted by molar-refractivity contribution is 6.20. The maximum Gasteiger partial charge on any atom is 0.119 e. The Hall–Kier alpha value is -0.890. The largest absolute Gasteiger partial charge is 0.508 e. The summed E-state index contributed by atoms with van der Waals surface area (Å²) in [5.41, 5.74) is 0.843. The van der Waals surface area contributed by atoms with Crippen molar-refractivity contribution < 1.29 is 10.2 Å². The first-order valence-corrected chi connectivity index (χ1v) is 4.17. The van der Waals surface area contributed by atoms with Crippen molar-refractivity contribution in [1.82, 2.24) is 0 Å². The Morgan fingerprint density at radius 3 is 2.17 bits per heavy atom. The van der Waals surface area contributed by atoms with Gasteiger partial charge in [0.2, 0.25) is 0 Å². The van der Waals surface area contributed by atoms with Crippen LogP contribution in [0.15, 0.2) is 18.2 Å². The van der Waals surface area contributed by atoms with Gasteiger partial charge in [-0.15, -0.1) is 11.6 Å². The fraction of sp³-hybridized carbons (Fsp3) is 0.333. The summed E-state index contributed by atoms with van der Waals surface area (Å²) in [7, 11) is 0. The van der Waals surface area contributed by atoms with Crippen molar-refractivity contribution in [2.24, 2.45) is 0 Å². The number of aromatic hydroxyl groups is 2. The molecule has 0 aliphatic heterocycles. The lowest BCUT2D eigenvalue weighted by molar-refractivity contribution is 0.449. The number of halogens is 1. The molecule has 66 valence electrons. The van der Waals surface area contributed by atoms with Crippen LogP contribution in [-0.4, -0.2) is 15.6 Å². The summed E-state index contributed by atoms with van der Waals surface area (Å²) < 4.78 is 0. The van der Waals surface area contributed by atoms with Crippen LogP contribution in [0, 0.1) is 0 Å². The van der Waals surface area contributed by atoms with E-state index < -0.39 is 0 Å². The van der Waals surface area contributed by atoms with Gasteiger partial charge in [0.1, 0.15) is 11.5 Å². The van der Waals surface area contributed by atoms with Crippen molar-refractivity contribution in [2.45, 2.75) is 18.7 Å². The number of hydrogen-bond donors (Lipinski definition) is 2. The van der Waals surface area contributed by atoms with E-state index in [4.69, 9.17) is 21.8 Å². The number of benzene rings is 1. The van der Waals surface area contributed by atoms with Gasteiger partial charge in [0.25, 0.3) is 0 Å². The minimum absolute atomic E-state index is 0.00574. The molecule has 1 unspecified atom stereocenters. The van der Waals surface area contributed by atoms with E-state index in [2.05, 4.69) is 0 Å². The Balaban J connectivity index is 2.85. The number of phenols is 2. The SMILES string of the molecule is CC(Cl)Cc1cc(O)cc(O)c1. The van der Waals surface area contributed by atoms with E-state index in [0.717, 1.165) is 5.56 Å². The second-order valence-corrected chi connectivity index (χ2v) is 3.59. The number of hydrogen-bond acceptors (Lipinski definition) is 2. The van der Waals surface area contributed by atoms with Crippen LogP contribution in [-0.2, 0) is 6.42 Å².